The smallest absolute Gasteiger partial charge is 0.267 e. The lowest BCUT2D eigenvalue weighted by molar-refractivity contribution is -0.135. The van der Waals surface area contributed by atoms with E-state index in [0.29, 0.717) is 6.61 Å². The van der Waals surface area contributed by atoms with Crippen LogP contribution in [0.25, 0.3) is 0 Å². The molecule has 1 saturated heterocycles. The third kappa shape index (κ3) is 3.12. The number of carbonyl (C=O) groups excluding carboxylic acids is 1. The van der Waals surface area contributed by atoms with Gasteiger partial charge in [-0.1, -0.05) is 0 Å². The number of halogens is 2. The number of carbonyl (C=O) groups is 1. The van der Waals surface area contributed by atoms with Crippen LogP contribution in [0.3, 0.4) is 0 Å². The van der Waals surface area contributed by atoms with Gasteiger partial charge in [0.15, 0.2) is 0 Å². The molecule has 2 atom stereocenters. The molecule has 0 spiro atoms. The van der Waals surface area contributed by atoms with Crippen LogP contribution in [0.2, 0.25) is 0 Å². The molecule has 1 amide bonds. The third-order valence-electron chi connectivity index (χ3n) is 2.56. The second kappa shape index (κ2) is 5.05. The fraction of sp³-hybridized carbons (Fsp3) is 0.900. The molecule has 0 bridgehead atoms. The van der Waals surface area contributed by atoms with Gasteiger partial charge in [-0.25, -0.2) is 8.78 Å². The van der Waals surface area contributed by atoms with E-state index in [4.69, 9.17) is 10.5 Å². The maximum atomic E-state index is 13.2. The molecule has 0 aromatic heterocycles. The largest absolute Gasteiger partial charge is 0.380 e. The summed E-state index contributed by atoms with van der Waals surface area (Å²) in [7, 11) is 0. The van der Waals surface area contributed by atoms with Crippen molar-refractivity contribution in [3.8, 4) is 0 Å². The van der Waals surface area contributed by atoms with E-state index in [-0.39, 0.29) is 13.0 Å². The van der Waals surface area contributed by atoms with Crippen LogP contribution >= 0.6 is 0 Å². The van der Waals surface area contributed by atoms with Crippen molar-refractivity contribution in [3.05, 3.63) is 0 Å². The molecule has 0 radical (unpaired) electrons. The molecule has 16 heavy (non-hydrogen) atoms. The number of likely N-dealkylation sites (tertiary alicyclic amines) is 1. The summed E-state index contributed by atoms with van der Waals surface area (Å²) in [6.45, 7) is 3.32. The summed E-state index contributed by atoms with van der Waals surface area (Å²) in [4.78, 5) is 12.8. The SMILES string of the molecule is CCOC[C@H]1CC(F)(F)CN1C(=O)[C@H](C)N. The average Bonchev–Trinajstić information content (AvgIpc) is 2.49. The standard InChI is InChI=1S/C10H18F2N2O2/c1-3-16-5-8-4-10(11,12)6-14(8)9(15)7(2)13/h7-8H,3-6,13H2,1-2H3/t7-,8+/m0/s1. The summed E-state index contributed by atoms with van der Waals surface area (Å²) in [6.07, 6.45) is -0.342. The van der Waals surface area contributed by atoms with E-state index in [0.717, 1.165) is 4.90 Å². The van der Waals surface area contributed by atoms with Crippen molar-refractivity contribution in [2.75, 3.05) is 19.8 Å². The van der Waals surface area contributed by atoms with Gasteiger partial charge in [0.05, 0.1) is 25.2 Å². The Balaban J connectivity index is 2.68. The van der Waals surface area contributed by atoms with E-state index in [1.807, 2.05) is 0 Å². The van der Waals surface area contributed by atoms with E-state index in [1.54, 1.807) is 6.92 Å². The third-order valence-corrected chi connectivity index (χ3v) is 2.56. The minimum Gasteiger partial charge on any atom is -0.380 e. The highest BCUT2D eigenvalue weighted by molar-refractivity contribution is 5.82. The van der Waals surface area contributed by atoms with E-state index in [9.17, 15) is 13.6 Å². The van der Waals surface area contributed by atoms with Gasteiger partial charge in [0.2, 0.25) is 5.91 Å². The zero-order chi connectivity index (χ0) is 12.3. The highest BCUT2D eigenvalue weighted by Crippen LogP contribution is 2.32. The van der Waals surface area contributed by atoms with Crippen molar-refractivity contribution in [1.82, 2.24) is 4.90 Å². The highest BCUT2D eigenvalue weighted by Gasteiger charge is 2.47. The number of hydrogen-bond acceptors (Lipinski definition) is 3. The fourth-order valence-electron chi connectivity index (χ4n) is 1.82. The molecule has 2 N–H and O–H groups in total. The quantitative estimate of drug-likeness (QED) is 0.778. The van der Waals surface area contributed by atoms with Crippen LogP contribution < -0.4 is 5.73 Å². The minimum atomic E-state index is -2.83. The molecule has 1 aliphatic rings. The Morgan fingerprint density at radius 2 is 2.31 bits per heavy atom. The Hall–Kier alpha value is -0.750. The molecular formula is C10H18F2N2O2. The van der Waals surface area contributed by atoms with Crippen molar-refractivity contribution < 1.29 is 18.3 Å². The Morgan fingerprint density at radius 3 is 2.81 bits per heavy atom. The maximum Gasteiger partial charge on any atom is 0.267 e. The lowest BCUT2D eigenvalue weighted by Gasteiger charge is -2.25. The minimum absolute atomic E-state index is 0.143. The monoisotopic (exact) mass is 236 g/mol. The van der Waals surface area contributed by atoms with Gasteiger partial charge in [0, 0.05) is 13.0 Å². The zero-order valence-electron chi connectivity index (χ0n) is 9.58. The Kier molecular flexibility index (Phi) is 4.21. The normalized spacial score (nSPS) is 25.8. The Morgan fingerprint density at radius 1 is 1.69 bits per heavy atom. The number of alkyl halides is 2. The van der Waals surface area contributed by atoms with Crippen LogP contribution in [0, 0.1) is 0 Å². The van der Waals surface area contributed by atoms with Crippen LogP contribution in [-0.2, 0) is 9.53 Å². The second-order valence-corrected chi connectivity index (χ2v) is 4.13. The predicted octanol–water partition coefficient (Wildman–Crippen LogP) is 0.606. The number of ether oxygens (including phenoxy) is 1. The van der Waals surface area contributed by atoms with Gasteiger partial charge in [-0.3, -0.25) is 4.79 Å². The van der Waals surface area contributed by atoms with Crippen molar-refractivity contribution in [2.24, 2.45) is 5.73 Å². The van der Waals surface area contributed by atoms with Crippen molar-refractivity contribution in [3.63, 3.8) is 0 Å². The summed E-state index contributed by atoms with van der Waals surface area (Å²) in [6, 6.07) is -1.31. The van der Waals surface area contributed by atoms with Crippen LogP contribution in [0.15, 0.2) is 0 Å². The lowest BCUT2D eigenvalue weighted by atomic mass is 10.2. The number of hydrogen-bond donors (Lipinski definition) is 1. The molecule has 6 heteroatoms. The highest BCUT2D eigenvalue weighted by atomic mass is 19.3. The molecular weight excluding hydrogens is 218 g/mol. The molecule has 0 aromatic rings. The molecule has 1 fully saturated rings. The van der Waals surface area contributed by atoms with E-state index in [1.165, 1.54) is 6.92 Å². The second-order valence-electron chi connectivity index (χ2n) is 4.13. The zero-order valence-corrected chi connectivity index (χ0v) is 9.58. The van der Waals surface area contributed by atoms with Crippen LogP contribution in [0.4, 0.5) is 8.78 Å². The Labute approximate surface area is 93.7 Å². The first-order valence-electron chi connectivity index (χ1n) is 5.39. The average molecular weight is 236 g/mol. The first kappa shape index (κ1) is 13.3. The van der Waals surface area contributed by atoms with Crippen molar-refractivity contribution in [2.45, 2.75) is 38.3 Å². The summed E-state index contributed by atoms with van der Waals surface area (Å²) < 4.78 is 31.5. The van der Waals surface area contributed by atoms with Gasteiger partial charge in [-0.05, 0) is 13.8 Å². The van der Waals surface area contributed by atoms with Gasteiger partial charge in [0.25, 0.3) is 5.92 Å². The van der Waals surface area contributed by atoms with Gasteiger partial charge >= 0.3 is 0 Å². The van der Waals surface area contributed by atoms with Gasteiger partial charge in [-0.2, -0.15) is 0 Å². The lowest BCUT2D eigenvalue weighted by Crippen LogP contribution is -2.46. The van der Waals surface area contributed by atoms with Gasteiger partial charge < -0.3 is 15.4 Å². The molecule has 1 aliphatic heterocycles. The van der Waals surface area contributed by atoms with E-state index in [2.05, 4.69) is 0 Å². The Bertz CT molecular complexity index is 259. The number of nitrogens with zero attached hydrogens (tertiary/aromatic N) is 1. The molecule has 1 rings (SSSR count). The molecule has 1 heterocycles. The molecule has 0 aliphatic carbocycles. The first-order valence-corrected chi connectivity index (χ1v) is 5.39. The summed E-state index contributed by atoms with van der Waals surface area (Å²) in [5.74, 6) is -3.27. The molecule has 0 aromatic carbocycles. The van der Waals surface area contributed by atoms with Crippen LogP contribution in [-0.4, -0.2) is 48.6 Å². The topological polar surface area (TPSA) is 55.6 Å². The maximum absolute atomic E-state index is 13.2. The predicted molar refractivity (Wildman–Crippen MR) is 55.2 cm³/mol. The number of rotatable bonds is 4. The van der Waals surface area contributed by atoms with E-state index >= 15 is 0 Å². The molecule has 0 saturated carbocycles. The van der Waals surface area contributed by atoms with Crippen LogP contribution in [0.5, 0.6) is 0 Å². The molecule has 4 nitrogen and oxygen atoms in total. The van der Waals surface area contributed by atoms with E-state index < -0.39 is 30.5 Å². The summed E-state index contributed by atoms with van der Waals surface area (Å²) >= 11 is 0. The molecule has 0 unspecified atom stereocenters. The van der Waals surface area contributed by atoms with Gasteiger partial charge in [0.1, 0.15) is 0 Å². The van der Waals surface area contributed by atoms with Gasteiger partial charge in [-0.15, -0.1) is 0 Å². The van der Waals surface area contributed by atoms with Crippen molar-refractivity contribution in [1.29, 1.82) is 0 Å². The summed E-state index contributed by atoms with van der Waals surface area (Å²) in [5.41, 5.74) is 5.42. The van der Waals surface area contributed by atoms with Crippen LogP contribution in [0.1, 0.15) is 20.3 Å². The fourth-order valence-corrected chi connectivity index (χ4v) is 1.82. The number of amides is 1. The number of nitrogens with two attached hydrogens (primary N) is 1. The first-order chi connectivity index (χ1) is 7.37. The molecule has 94 valence electrons. The van der Waals surface area contributed by atoms with Crippen molar-refractivity contribution >= 4 is 5.91 Å². The summed E-state index contributed by atoms with van der Waals surface area (Å²) in [5, 5.41) is 0.